The SMILES string of the molecule is C1CNCCN1.CC/C=C\C/C=C\C/C=C\C/C=C\C/C=C\CCCC(=O)O. The number of carboxylic acid groups (broad SMARTS) is 1. The molecule has 0 unspecified atom stereocenters. The molecule has 28 heavy (non-hydrogen) atoms. The average Bonchev–Trinajstić information content (AvgIpc) is 2.72. The molecule has 1 rings (SSSR count). The van der Waals surface area contributed by atoms with E-state index in [1.165, 1.54) is 0 Å². The Kier molecular flexibility index (Phi) is 21.6. The predicted octanol–water partition coefficient (Wildman–Crippen LogP) is 5.17. The summed E-state index contributed by atoms with van der Waals surface area (Å²) in [5.74, 6) is -0.715. The summed E-state index contributed by atoms with van der Waals surface area (Å²) in [5.41, 5.74) is 0. The van der Waals surface area contributed by atoms with E-state index in [1.807, 2.05) is 0 Å². The Morgan fingerprint density at radius 3 is 1.46 bits per heavy atom. The summed E-state index contributed by atoms with van der Waals surface area (Å²) in [7, 11) is 0. The van der Waals surface area contributed by atoms with E-state index in [2.05, 4.69) is 78.3 Å². The Morgan fingerprint density at radius 2 is 1.11 bits per heavy atom. The first-order valence-electron chi connectivity index (χ1n) is 10.7. The van der Waals surface area contributed by atoms with Crippen LogP contribution in [0.4, 0.5) is 0 Å². The summed E-state index contributed by atoms with van der Waals surface area (Å²) in [4.78, 5) is 10.3. The third kappa shape index (κ3) is 24.1. The zero-order valence-electron chi connectivity index (χ0n) is 17.6. The van der Waals surface area contributed by atoms with Crippen LogP contribution in [0.25, 0.3) is 0 Å². The average molecular weight is 389 g/mol. The number of rotatable bonds is 13. The second-order valence-electron chi connectivity index (χ2n) is 6.49. The molecule has 0 amide bonds. The van der Waals surface area contributed by atoms with Crippen LogP contribution in [0.3, 0.4) is 0 Å². The highest BCUT2D eigenvalue weighted by Gasteiger charge is 1.92. The van der Waals surface area contributed by atoms with E-state index in [0.717, 1.165) is 71.1 Å². The van der Waals surface area contributed by atoms with Gasteiger partial charge >= 0.3 is 5.97 Å². The first-order chi connectivity index (χ1) is 13.8. The molecule has 4 nitrogen and oxygen atoms in total. The predicted molar refractivity (Wildman–Crippen MR) is 122 cm³/mol. The maximum atomic E-state index is 10.3. The standard InChI is InChI=1S/C20H30O2.C4H10N2/c1-2-3-4-5-6-7-8-9-10-11-12-13-14-15-16-17-18-19-20(21)22;1-2-6-4-3-5-1/h3-4,6-7,9-10,12-13,15-16H,2,5,8,11,14,17-19H2,1H3,(H,21,22);5-6H,1-4H2/b4-3-,7-6-,10-9-,13-12-,16-15-;. The van der Waals surface area contributed by atoms with E-state index in [1.54, 1.807) is 0 Å². The molecular formula is C24H40N2O2. The zero-order valence-corrected chi connectivity index (χ0v) is 17.6. The van der Waals surface area contributed by atoms with Crippen molar-refractivity contribution in [1.82, 2.24) is 10.6 Å². The number of carbonyl (C=O) groups is 1. The Hall–Kier alpha value is -1.91. The maximum Gasteiger partial charge on any atom is 0.303 e. The topological polar surface area (TPSA) is 61.4 Å². The van der Waals surface area contributed by atoms with Crippen LogP contribution in [-0.2, 0) is 4.79 Å². The molecule has 0 aromatic carbocycles. The highest BCUT2D eigenvalue weighted by molar-refractivity contribution is 5.66. The lowest BCUT2D eigenvalue weighted by Crippen LogP contribution is -2.39. The Morgan fingerprint density at radius 1 is 0.714 bits per heavy atom. The van der Waals surface area contributed by atoms with Crippen LogP contribution in [0.15, 0.2) is 60.8 Å². The monoisotopic (exact) mass is 388 g/mol. The van der Waals surface area contributed by atoms with Crippen LogP contribution < -0.4 is 10.6 Å². The van der Waals surface area contributed by atoms with Crippen LogP contribution in [0, 0.1) is 0 Å². The van der Waals surface area contributed by atoms with Crippen molar-refractivity contribution < 1.29 is 9.90 Å². The van der Waals surface area contributed by atoms with Crippen molar-refractivity contribution in [3.05, 3.63) is 60.8 Å². The number of allylic oxidation sites excluding steroid dienone is 10. The van der Waals surface area contributed by atoms with E-state index in [-0.39, 0.29) is 6.42 Å². The van der Waals surface area contributed by atoms with Gasteiger partial charge in [-0.05, 0) is 44.9 Å². The lowest BCUT2D eigenvalue weighted by atomic mass is 10.2. The van der Waals surface area contributed by atoms with Crippen LogP contribution in [0.2, 0.25) is 0 Å². The van der Waals surface area contributed by atoms with Crippen molar-refractivity contribution in [2.75, 3.05) is 26.2 Å². The number of carboxylic acids is 1. The molecule has 158 valence electrons. The van der Waals surface area contributed by atoms with Gasteiger partial charge in [-0.15, -0.1) is 0 Å². The number of hydrogen-bond donors (Lipinski definition) is 3. The fourth-order valence-corrected chi connectivity index (χ4v) is 2.34. The van der Waals surface area contributed by atoms with Crippen molar-refractivity contribution in [1.29, 1.82) is 0 Å². The summed E-state index contributed by atoms with van der Waals surface area (Å²) in [6.07, 6.45) is 28.4. The molecule has 4 heteroatoms. The van der Waals surface area contributed by atoms with Gasteiger partial charge in [0.05, 0.1) is 0 Å². The molecule has 0 spiro atoms. The molecule has 1 aliphatic rings. The van der Waals surface area contributed by atoms with Crippen molar-refractivity contribution in [2.24, 2.45) is 0 Å². The quantitative estimate of drug-likeness (QED) is 0.301. The van der Waals surface area contributed by atoms with Crippen LogP contribution in [-0.4, -0.2) is 37.3 Å². The van der Waals surface area contributed by atoms with Crippen molar-refractivity contribution in [2.45, 2.75) is 58.3 Å². The number of aliphatic carboxylic acids is 1. The molecule has 0 saturated carbocycles. The summed E-state index contributed by atoms with van der Waals surface area (Å²) < 4.78 is 0. The van der Waals surface area contributed by atoms with Gasteiger partial charge in [0.25, 0.3) is 0 Å². The van der Waals surface area contributed by atoms with Gasteiger partial charge in [0.2, 0.25) is 0 Å². The van der Waals surface area contributed by atoms with E-state index < -0.39 is 5.97 Å². The number of unbranched alkanes of at least 4 members (excludes halogenated alkanes) is 1. The first-order valence-corrected chi connectivity index (χ1v) is 10.7. The van der Waals surface area contributed by atoms with Gasteiger partial charge in [-0.1, -0.05) is 67.7 Å². The van der Waals surface area contributed by atoms with E-state index >= 15 is 0 Å². The first kappa shape index (κ1) is 26.1. The largest absolute Gasteiger partial charge is 0.481 e. The van der Waals surface area contributed by atoms with Crippen LogP contribution in [0.5, 0.6) is 0 Å². The molecule has 0 bridgehead atoms. The normalized spacial score (nSPS) is 15.2. The molecule has 0 radical (unpaired) electrons. The Balaban J connectivity index is 0.00000102. The van der Waals surface area contributed by atoms with Crippen molar-refractivity contribution in [3.63, 3.8) is 0 Å². The molecule has 1 fully saturated rings. The highest BCUT2D eigenvalue weighted by atomic mass is 16.4. The van der Waals surface area contributed by atoms with E-state index in [4.69, 9.17) is 5.11 Å². The smallest absolute Gasteiger partial charge is 0.303 e. The van der Waals surface area contributed by atoms with Gasteiger partial charge in [-0.25, -0.2) is 0 Å². The maximum absolute atomic E-state index is 10.3. The van der Waals surface area contributed by atoms with Gasteiger partial charge in [0, 0.05) is 32.6 Å². The fraction of sp³-hybridized carbons (Fsp3) is 0.542. The summed E-state index contributed by atoms with van der Waals surface area (Å²) in [5, 5.41) is 14.9. The third-order valence-electron chi connectivity index (χ3n) is 3.88. The van der Waals surface area contributed by atoms with Crippen molar-refractivity contribution >= 4 is 5.97 Å². The molecule has 0 aromatic rings. The molecule has 1 aliphatic heterocycles. The molecule has 3 N–H and O–H groups in total. The zero-order chi connectivity index (χ0) is 20.5. The third-order valence-corrected chi connectivity index (χ3v) is 3.88. The van der Waals surface area contributed by atoms with Gasteiger partial charge in [-0.2, -0.15) is 0 Å². The van der Waals surface area contributed by atoms with Gasteiger partial charge < -0.3 is 15.7 Å². The molecular weight excluding hydrogens is 348 g/mol. The Labute approximate surface area is 172 Å². The van der Waals surface area contributed by atoms with Gasteiger partial charge in [0.1, 0.15) is 0 Å². The van der Waals surface area contributed by atoms with Crippen LogP contribution >= 0.6 is 0 Å². The molecule has 0 atom stereocenters. The van der Waals surface area contributed by atoms with E-state index in [0.29, 0.717) is 0 Å². The summed E-state index contributed by atoms with van der Waals surface area (Å²) in [6, 6.07) is 0. The summed E-state index contributed by atoms with van der Waals surface area (Å²) >= 11 is 0. The number of nitrogens with one attached hydrogen (secondary N) is 2. The Bertz CT molecular complexity index is 475. The molecule has 1 heterocycles. The molecule has 0 aliphatic carbocycles. The molecule has 1 saturated heterocycles. The van der Waals surface area contributed by atoms with Crippen LogP contribution in [0.1, 0.15) is 58.3 Å². The molecule has 0 aromatic heterocycles. The van der Waals surface area contributed by atoms with Crippen molar-refractivity contribution in [3.8, 4) is 0 Å². The second kappa shape index (κ2) is 23.1. The number of hydrogen-bond acceptors (Lipinski definition) is 3. The minimum Gasteiger partial charge on any atom is -0.481 e. The number of piperazine rings is 1. The van der Waals surface area contributed by atoms with Gasteiger partial charge in [0.15, 0.2) is 0 Å². The van der Waals surface area contributed by atoms with Gasteiger partial charge in [-0.3, -0.25) is 4.79 Å². The van der Waals surface area contributed by atoms with E-state index in [9.17, 15) is 4.79 Å². The summed E-state index contributed by atoms with van der Waals surface area (Å²) in [6.45, 7) is 6.70. The minimum atomic E-state index is -0.715. The highest BCUT2D eigenvalue weighted by Crippen LogP contribution is 1.99. The minimum absolute atomic E-state index is 0.258. The lowest BCUT2D eigenvalue weighted by molar-refractivity contribution is -0.137. The second-order valence-corrected chi connectivity index (χ2v) is 6.49. The lowest BCUT2D eigenvalue weighted by Gasteiger charge is -2.11. The fourth-order valence-electron chi connectivity index (χ4n) is 2.34.